The van der Waals surface area contributed by atoms with Gasteiger partial charge in [-0.3, -0.25) is 4.79 Å². The number of carboxylic acids is 1. The van der Waals surface area contributed by atoms with Gasteiger partial charge in [-0.05, 0) is 24.5 Å². The Balaban J connectivity index is 2.00. The van der Waals surface area contributed by atoms with Crippen LogP contribution in [0.4, 0.5) is 0 Å². The van der Waals surface area contributed by atoms with Crippen LogP contribution in [0.1, 0.15) is 43.2 Å². The molecule has 26 heavy (non-hydrogen) atoms. The summed E-state index contributed by atoms with van der Waals surface area (Å²) in [6, 6.07) is 18.6. The lowest BCUT2D eigenvalue weighted by atomic mass is 9.52. The fraction of sp³-hybridized carbons (Fsp3) is 0.364. The van der Waals surface area contributed by atoms with Crippen LogP contribution in [-0.2, 0) is 14.3 Å². The van der Waals surface area contributed by atoms with Gasteiger partial charge in [0.05, 0.1) is 12.0 Å². The molecule has 0 aliphatic heterocycles. The van der Waals surface area contributed by atoms with E-state index in [-0.39, 0.29) is 12.1 Å². The van der Waals surface area contributed by atoms with Crippen LogP contribution >= 0.6 is 0 Å². The molecule has 3 atom stereocenters. The highest BCUT2D eigenvalue weighted by Gasteiger charge is 2.56. The fourth-order valence-corrected chi connectivity index (χ4v) is 3.87. The largest absolute Gasteiger partial charge is 0.550 e. The third-order valence-electron chi connectivity index (χ3n) is 5.35. The normalized spacial score (nSPS) is 25.8. The highest BCUT2D eigenvalue weighted by molar-refractivity contribution is 5.83. The number of rotatable bonds is 6. The first-order chi connectivity index (χ1) is 12.5. The van der Waals surface area contributed by atoms with Gasteiger partial charge in [0, 0.05) is 23.7 Å². The molecule has 2 aromatic rings. The van der Waals surface area contributed by atoms with Gasteiger partial charge in [0.15, 0.2) is 0 Å². The van der Waals surface area contributed by atoms with E-state index in [2.05, 4.69) is 0 Å². The molecule has 1 aliphatic rings. The van der Waals surface area contributed by atoms with Crippen molar-refractivity contribution < 1.29 is 19.4 Å². The molecule has 3 rings (SSSR count). The molecule has 136 valence electrons. The minimum Gasteiger partial charge on any atom is -0.550 e. The minimum absolute atomic E-state index is 0.197. The Labute approximate surface area is 153 Å². The molecule has 1 saturated carbocycles. The van der Waals surface area contributed by atoms with Crippen molar-refractivity contribution in [2.75, 3.05) is 0 Å². The topological polar surface area (TPSA) is 66.4 Å². The maximum Gasteiger partial charge on any atom is 0.310 e. The van der Waals surface area contributed by atoms with Crippen LogP contribution in [0.5, 0.6) is 0 Å². The number of carboxylic acid groups (broad SMARTS) is 1. The van der Waals surface area contributed by atoms with E-state index in [1.165, 1.54) is 0 Å². The molecule has 1 fully saturated rings. The SMILES string of the molecule is CC[C@@H](C)OC(=O)C1[C@@H](c2ccccc2)C(C(=O)[O-])[C@@H]1c1ccccc1. The van der Waals surface area contributed by atoms with E-state index in [9.17, 15) is 14.7 Å². The number of carbonyl (C=O) groups excluding carboxylic acids is 2. The van der Waals surface area contributed by atoms with E-state index in [4.69, 9.17) is 4.74 Å². The summed E-state index contributed by atoms with van der Waals surface area (Å²) in [6.45, 7) is 3.80. The van der Waals surface area contributed by atoms with Crippen LogP contribution in [0.3, 0.4) is 0 Å². The molecule has 0 radical (unpaired) electrons. The lowest BCUT2D eigenvalue weighted by Crippen LogP contribution is -2.55. The van der Waals surface area contributed by atoms with Gasteiger partial charge in [0.1, 0.15) is 0 Å². The summed E-state index contributed by atoms with van der Waals surface area (Å²) in [5.74, 6) is -3.63. The van der Waals surface area contributed by atoms with E-state index >= 15 is 0 Å². The quantitative estimate of drug-likeness (QED) is 0.751. The van der Waals surface area contributed by atoms with E-state index < -0.39 is 29.6 Å². The number of hydrogen-bond donors (Lipinski definition) is 0. The summed E-state index contributed by atoms with van der Waals surface area (Å²) in [4.78, 5) is 24.8. The molecule has 0 unspecified atom stereocenters. The van der Waals surface area contributed by atoms with Gasteiger partial charge in [-0.2, -0.15) is 0 Å². The molecule has 0 spiro atoms. The highest BCUT2D eigenvalue weighted by Crippen LogP contribution is 2.57. The number of carbonyl (C=O) groups is 2. The first kappa shape index (κ1) is 18.2. The maximum absolute atomic E-state index is 12.9. The van der Waals surface area contributed by atoms with Crippen molar-refractivity contribution in [1.29, 1.82) is 0 Å². The van der Waals surface area contributed by atoms with Crippen LogP contribution in [0, 0.1) is 11.8 Å². The second kappa shape index (κ2) is 7.73. The van der Waals surface area contributed by atoms with Crippen molar-refractivity contribution in [3.63, 3.8) is 0 Å². The van der Waals surface area contributed by atoms with Crippen molar-refractivity contribution in [2.45, 2.75) is 38.2 Å². The Morgan fingerprint density at radius 2 is 1.38 bits per heavy atom. The Morgan fingerprint density at radius 3 is 1.77 bits per heavy atom. The van der Waals surface area contributed by atoms with Gasteiger partial charge in [-0.1, -0.05) is 67.6 Å². The van der Waals surface area contributed by atoms with E-state index in [0.717, 1.165) is 11.1 Å². The van der Waals surface area contributed by atoms with Gasteiger partial charge in [-0.15, -0.1) is 0 Å². The van der Waals surface area contributed by atoms with Gasteiger partial charge in [0.25, 0.3) is 0 Å². The van der Waals surface area contributed by atoms with Crippen LogP contribution in [0.15, 0.2) is 60.7 Å². The number of hydrogen-bond acceptors (Lipinski definition) is 4. The van der Waals surface area contributed by atoms with Crippen LogP contribution in [0.25, 0.3) is 0 Å². The van der Waals surface area contributed by atoms with E-state index in [1.54, 1.807) is 0 Å². The van der Waals surface area contributed by atoms with Crippen LogP contribution in [0.2, 0.25) is 0 Å². The molecule has 4 heteroatoms. The molecule has 1 aliphatic carbocycles. The van der Waals surface area contributed by atoms with E-state index in [1.807, 2.05) is 74.5 Å². The third-order valence-corrected chi connectivity index (χ3v) is 5.35. The molecule has 0 amide bonds. The molecule has 0 aromatic heterocycles. The molecule has 2 aromatic carbocycles. The number of aliphatic carboxylic acids is 1. The minimum atomic E-state index is -1.12. The van der Waals surface area contributed by atoms with Gasteiger partial charge in [0.2, 0.25) is 0 Å². The van der Waals surface area contributed by atoms with Gasteiger partial charge >= 0.3 is 5.97 Å². The third kappa shape index (κ3) is 3.36. The molecule has 0 heterocycles. The number of benzene rings is 2. The van der Waals surface area contributed by atoms with Crippen LogP contribution < -0.4 is 5.11 Å². The first-order valence-corrected chi connectivity index (χ1v) is 9.05. The smallest absolute Gasteiger partial charge is 0.310 e. The molecular weight excluding hydrogens is 328 g/mol. The van der Waals surface area contributed by atoms with Crippen molar-refractivity contribution in [1.82, 2.24) is 0 Å². The summed E-state index contributed by atoms with van der Waals surface area (Å²) in [5, 5.41) is 11.9. The maximum atomic E-state index is 12.9. The zero-order valence-electron chi connectivity index (χ0n) is 15.0. The fourth-order valence-electron chi connectivity index (χ4n) is 3.87. The summed E-state index contributed by atoms with van der Waals surface area (Å²) in [7, 11) is 0. The Bertz CT molecular complexity index is 709. The Morgan fingerprint density at radius 1 is 0.923 bits per heavy atom. The Hall–Kier alpha value is -2.62. The average Bonchev–Trinajstić information content (AvgIpc) is 2.62. The van der Waals surface area contributed by atoms with Crippen molar-refractivity contribution in [3.8, 4) is 0 Å². The second-order valence-electron chi connectivity index (χ2n) is 6.90. The standard InChI is InChI=1S/C22H24O4/c1-3-14(2)26-22(25)20-17(15-10-6-4-7-11-15)19(21(23)24)18(20)16-12-8-5-9-13-16/h4-14,17-20H,3H2,1-2H3,(H,23,24)/p-1/t14-,17+,18+,19?,20?/m1/s1. The Kier molecular flexibility index (Phi) is 5.40. The lowest BCUT2D eigenvalue weighted by Gasteiger charge is -2.51. The molecule has 0 saturated heterocycles. The van der Waals surface area contributed by atoms with Crippen molar-refractivity contribution >= 4 is 11.9 Å². The molecular formula is C22H23O4-. The van der Waals surface area contributed by atoms with Gasteiger partial charge < -0.3 is 14.6 Å². The van der Waals surface area contributed by atoms with Gasteiger partial charge in [-0.25, -0.2) is 0 Å². The van der Waals surface area contributed by atoms with E-state index in [0.29, 0.717) is 6.42 Å². The molecule has 4 nitrogen and oxygen atoms in total. The second-order valence-corrected chi connectivity index (χ2v) is 6.90. The first-order valence-electron chi connectivity index (χ1n) is 9.05. The monoisotopic (exact) mass is 351 g/mol. The summed E-state index contributed by atoms with van der Waals surface area (Å²) < 4.78 is 5.58. The average molecular weight is 351 g/mol. The number of ether oxygens (including phenoxy) is 1. The summed E-state index contributed by atoms with van der Waals surface area (Å²) in [5.41, 5.74) is 1.67. The molecule has 0 N–H and O–H groups in total. The highest BCUT2D eigenvalue weighted by atomic mass is 16.5. The zero-order valence-corrected chi connectivity index (χ0v) is 15.0. The predicted octanol–water partition coefficient (Wildman–Crippen LogP) is 2.89. The summed E-state index contributed by atoms with van der Waals surface area (Å²) in [6.07, 6.45) is 0.520. The summed E-state index contributed by atoms with van der Waals surface area (Å²) >= 11 is 0. The zero-order chi connectivity index (χ0) is 18.7. The number of esters is 1. The van der Waals surface area contributed by atoms with Crippen LogP contribution in [-0.4, -0.2) is 18.0 Å². The van der Waals surface area contributed by atoms with Crippen molar-refractivity contribution in [3.05, 3.63) is 71.8 Å². The molecule has 0 bridgehead atoms. The predicted molar refractivity (Wildman–Crippen MR) is 96.2 cm³/mol. The van der Waals surface area contributed by atoms with Crippen molar-refractivity contribution in [2.24, 2.45) is 11.8 Å². The lowest BCUT2D eigenvalue weighted by molar-refractivity contribution is -0.317.